The van der Waals surface area contributed by atoms with Gasteiger partial charge in [0.15, 0.2) is 0 Å². The van der Waals surface area contributed by atoms with E-state index in [9.17, 15) is 5.11 Å². The number of aliphatic hydroxyl groups excluding tert-OH is 1. The highest BCUT2D eigenvalue weighted by molar-refractivity contribution is 5.39. The molecule has 1 aromatic carbocycles. The van der Waals surface area contributed by atoms with Gasteiger partial charge in [0.25, 0.3) is 0 Å². The summed E-state index contributed by atoms with van der Waals surface area (Å²) in [5.41, 5.74) is 2.67. The number of para-hydroxylation sites is 1. The Balaban J connectivity index is 2.39. The number of aliphatic hydroxyl groups is 1. The average molecular weight is 246 g/mol. The third-order valence-corrected chi connectivity index (χ3v) is 3.01. The van der Waals surface area contributed by atoms with Crippen molar-refractivity contribution in [1.29, 1.82) is 0 Å². The molecule has 0 aliphatic rings. The first kappa shape index (κ1) is 12.6. The van der Waals surface area contributed by atoms with Crippen LogP contribution in [-0.2, 0) is 20.1 Å². The summed E-state index contributed by atoms with van der Waals surface area (Å²) < 4.78 is 7.57. The molecule has 1 aromatic heterocycles. The molecular formula is C14H18N2O2. The van der Waals surface area contributed by atoms with Gasteiger partial charge in [0.1, 0.15) is 5.75 Å². The molecule has 96 valence electrons. The largest absolute Gasteiger partial charge is 0.439 e. The molecule has 0 atom stereocenters. The summed E-state index contributed by atoms with van der Waals surface area (Å²) >= 11 is 0. The average Bonchev–Trinajstić information content (AvgIpc) is 2.64. The van der Waals surface area contributed by atoms with Crippen molar-refractivity contribution in [2.45, 2.75) is 26.9 Å². The van der Waals surface area contributed by atoms with Crippen LogP contribution >= 0.6 is 0 Å². The lowest BCUT2D eigenvalue weighted by atomic mass is 10.1. The van der Waals surface area contributed by atoms with Crippen LogP contribution in [0.1, 0.15) is 23.7 Å². The van der Waals surface area contributed by atoms with E-state index in [0.29, 0.717) is 5.88 Å². The molecular weight excluding hydrogens is 228 g/mol. The highest BCUT2D eigenvalue weighted by Gasteiger charge is 2.15. The summed E-state index contributed by atoms with van der Waals surface area (Å²) in [6, 6.07) is 7.91. The van der Waals surface area contributed by atoms with E-state index in [-0.39, 0.29) is 6.61 Å². The normalized spacial score (nSPS) is 10.7. The number of nitrogens with zero attached hydrogens (tertiary/aromatic N) is 2. The van der Waals surface area contributed by atoms with E-state index in [1.54, 1.807) is 4.68 Å². The zero-order chi connectivity index (χ0) is 13.1. The molecule has 4 nitrogen and oxygen atoms in total. The lowest BCUT2D eigenvalue weighted by Crippen LogP contribution is -1.99. The quantitative estimate of drug-likeness (QED) is 0.902. The van der Waals surface area contributed by atoms with Gasteiger partial charge >= 0.3 is 0 Å². The summed E-state index contributed by atoms with van der Waals surface area (Å²) in [7, 11) is 1.82. The van der Waals surface area contributed by atoms with E-state index in [0.717, 1.165) is 29.0 Å². The van der Waals surface area contributed by atoms with Crippen LogP contribution in [-0.4, -0.2) is 14.9 Å². The minimum atomic E-state index is -0.0662. The molecule has 0 amide bonds. The minimum Gasteiger partial charge on any atom is -0.439 e. The van der Waals surface area contributed by atoms with Gasteiger partial charge in [-0.15, -0.1) is 0 Å². The molecule has 18 heavy (non-hydrogen) atoms. The third-order valence-electron chi connectivity index (χ3n) is 3.01. The molecule has 0 unspecified atom stereocenters. The van der Waals surface area contributed by atoms with Crippen molar-refractivity contribution < 1.29 is 9.84 Å². The Labute approximate surface area is 107 Å². The zero-order valence-electron chi connectivity index (χ0n) is 11.0. The minimum absolute atomic E-state index is 0.0662. The van der Waals surface area contributed by atoms with E-state index in [4.69, 9.17) is 4.74 Å². The van der Waals surface area contributed by atoms with E-state index >= 15 is 0 Å². The van der Waals surface area contributed by atoms with Gasteiger partial charge in [-0.1, -0.05) is 25.1 Å². The van der Waals surface area contributed by atoms with Crippen LogP contribution in [0.5, 0.6) is 11.6 Å². The molecule has 0 spiro atoms. The van der Waals surface area contributed by atoms with Crippen molar-refractivity contribution in [3.8, 4) is 11.6 Å². The predicted molar refractivity (Wildman–Crippen MR) is 69.8 cm³/mol. The van der Waals surface area contributed by atoms with Gasteiger partial charge < -0.3 is 9.84 Å². The maximum Gasteiger partial charge on any atom is 0.223 e. The highest BCUT2D eigenvalue weighted by atomic mass is 16.5. The maximum atomic E-state index is 9.38. The number of rotatable bonds is 4. The Morgan fingerprint density at radius 2 is 2.06 bits per heavy atom. The smallest absolute Gasteiger partial charge is 0.223 e. The molecule has 0 bridgehead atoms. The molecule has 0 saturated carbocycles. The van der Waals surface area contributed by atoms with Gasteiger partial charge in [0.2, 0.25) is 5.88 Å². The van der Waals surface area contributed by atoms with Gasteiger partial charge in [-0.2, -0.15) is 5.10 Å². The Bertz CT molecular complexity index is 547. The fourth-order valence-electron chi connectivity index (χ4n) is 1.99. The van der Waals surface area contributed by atoms with Crippen LogP contribution in [0.2, 0.25) is 0 Å². The second-order valence-electron chi connectivity index (χ2n) is 4.21. The summed E-state index contributed by atoms with van der Waals surface area (Å²) in [5.74, 6) is 1.42. The molecule has 0 aliphatic carbocycles. The molecule has 0 fully saturated rings. The molecule has 2 rings (SSSR count). The number of aryl methyl sites for hydroxylation is 3. The topological polar surface area (TPSA) is 47.3 Å². The predicted octanol–water partition coefficient (Wildman–Crippen LogP) is 2.58. The SMILES string of the molecule is CCc1ccccc1Oc1c(CO)c(C)nn1C. The number of aromatic nitrogens is 2. The van der Waals surface area contributed by atoms with Crippen molar-refractivity contribution in [2.24, 2.45) is 7.05 Å². The van der Waals surface area contributed by atoms with Crippen molar-refractivity contribution in [2.75, 3.05) is 0 Å². The molecule has 0 radical (unpaired) electrons. The molecule has 1 heterocycles. The summed E-state index contributed by atoms with van der Waals surface area (Å²) in [6.45, 7) is 3.89. The molecule has 4 heteroatoms. The third kappa shape index (κ3) is 2.24. The summed E-state index contributed by atoms with van der Waals surface area (Å²) in [6.07, 6.45) is 0.904. The first-order valence-electron chi connectivity index (χ1n) is 6.06. The Hall–Kier alpha value is -1.81. The van der Waals surface area contributed by atoms with E-state index in [2.05, 4.69) is 12.0 Å². The van der Waals surface area contributed by atoms with Crippen LogP contribution in [0.25, 0.3) is 0 Å². The van der Waals surface area contributed by atoms with Crippen LogP contribution in [0, 0.1) is 6.92 Å². The fourth-order valence-corrected chi connectivity index (χ4v) is 1.99. The summed E-state index contributed by atoms with van der Waals surface area (Å²) in [5, 5.41) is 13.6. The van der Waals surface area contributed by atoms with E-state index < -0.39 is 0 Å². The van der Waals surface area contributed by atoms with Crippen LogP contribution in [0.3, 0.4) is 0 Å². The summed E-state index contributed by atoms with van der Waals surface area (Å²) in [4.78, 5) is 0. The first-order chi connectivity index (χ1) is 8.67. The Morgan fingerprint density at radius 1 is 1.33 bits per heavy atom. The molecule has 1 N–H and O–H groups in total. The number of benzene rings is 1. The van der Waals surface area contributed by atoms with Gasteiger partial charge in [-0.25, -0.2) is 4.68 Å². The second kappa shape index (κ2) is 5.23. The Morgan fingerprint density at radius 3 is 2.72 bits per heavy atom. The van der Waals surface area contributed by atoms with Crippen molar-refractivity contribution in [1.82, 2.24) is 9.78 Å². The lowest BCUT2D eigenvalue weighted by molar-refractivity contribution is 0.274. The number of hydrogen-bond donors (Lipinski definition) is 1. The first-order valence-corrected chi connectivity index (χ1v) is 6.06. The monoisotopic (exact) mass is 246 g/mol. The second-order valence-corrected chi connectivity index (χ2v) is 4.21. The van der Waals surface area contributed by atoms with Gasteiger partial charge in [-0.05, 0) is 25.0 Å². The molecule has 0 saturated heterocycles. The van der Waals surface area contributed by atoms with Crippen molar-refractivity contribution >= 4 is 0 Å². The highest BCUT2D eigenvalue weighted by Crippen LogP contribution is 2.29. The van der Waals surface area contributed by atoms with Crippen molar-refractivity contribution in [3.05, 3.63) is 41.1 Å². The standard InChI is InChI=1S/C14H18N2O2/c1-4-11-7-5-6-8-13(11)18-14-12(9-17)10(2)15-16(14)3/h5-8,17H,4,9H2,1-3H3. The van der Waals surface area contributed by atoms with Gasteiger partial charge in [0.05, 0.1) is 17.9 Å². The Kier molecular flexibility index (Phi) is 3.67. The van der Waals surface area contributed by atoms with Gasteiger partial charge in [-0.3, -0.25) is 0 Å². The van der Waals surface area contributed by atoms with Crippen LogP contribution < -0.4 is 4.74 Å². The lowest BCUT2D eigenvalue weighted by Gasteiger charge is -2.11. The van der Waals surface area contributed by atoms with Crippen LogP contribution in [0.4, 0.5) is 0 Å². The van der Waals surface area contributed by atoms with E-state index in [1.165, 1.54) is 0 Å². The zero-order valence-corrected chi connectivity index (χ0v) is 11.0. The van der Waals surface area contributed by atoms with Gasteiger partial charge in [0, 0.05) is 7.05 Å². The fraction of sp³-hybridized carbons (Fsp3) is 0.357. The number of ether oxygens (including phenoxy) is 1. The van der Waals surface area contributed by atoms with Crippen molar-refractivity contribution in [3.63, 3.8) is 0 Å². The number of hydrogen-bond acceptors (Lipinski definition) is 3. The molecule has 2 aromatic rings. The molecule has 0 aliphatic heterocycles. The van der Waals surface area contributed by atoms with Crippen LogP contribution in [0.15, 0.2) is 24.3 Å². The van der Waals surface area contributed by atoms with E-state index in [1.807, 2.05) is 38.2 Å². The maximum absolute atomic E-state index is 9.38.